The minimum absolute atomic E-state index is 0.638. The maximum atomic E-state index is 5.73. The van der Waals surface area contributed by atoms with E-state index < -0.39 is 0 Å². The Labute approximate surface area is 141 Å². The second-order valence-electron chi connectivity index (χ2n) is 5.89. The summed E-state index contributed by atoms with van der Waals surface area (Å²) < 4.78 is 2.21. The average Bonchev–Trinajstić information content (AvgIpc) is 3.04. The molecule has 0 unspecified atom stereocenters. The molecule has 3 N–H and O–H groups in total. The van der Waals surface area contributed by atoms with Gasteiger partial charge in [-0.2, -0.15) is 4.57 Å². The summed E-state index contributed by atoms with van der Waals surface area (Å²) in [6.07, 6.45) is 8.53. The number of aromatic nitrogens is 2. The third kappa shape index (κ3) is 2.59. The third-order valence-corrected chi connectivity index (χ3v) is 4.39. The van der Waals surface area contributed by atoms with Gasteiger partial charge in [-0.05, 0) is 23.3 Å². The van der Waals surface area contributed by atoms with E-state index in [1.807, 2.05) is 6.07 Å². The molecule has 2 heterocycles. The van der Waals surface area contributed by atoms with E-state index in [-0.39, 0.29) is 0 Å². The molecule has 3 nitrogen and oxygen atoms in total. The second kappa shape index (κ2) is 6.30. The molecule has 0 spiro atoms. The number of aromatic amines is 1. The zero-order valence-corrected chi connectivity index (χ0v) is 13.4. The molecule has 118 valence electrons. The van der Waals surface area contributed by atoms with Crippen molar-refractivity contribution in [2.24, 2.45) is 5.73 Å². The lowest BCUT2D eigenvalue weighted by Gasteiger charge is -2.03. The van der Waals surface area contributed by atoms with Gasteiger partial charge in [0.2, 0.25) is 5.52 Å². The Morgan fingerprint density at radius 1 is 0.875 bits per heavy atom. The zero-order chi connectivity index (χ0) is 16.4. The third-order valence-electron chi connectivity index (χ3n) is 4.39. The number of fused-ring (bicyclic) bond motifs is 2. The smallest absolute Gasteiger partial charge is 0.213 e. The van der Waals surface area contributed by atoms with Crippen LogP contribution in [0.1, 0.15) is 11.1 Å². The Morgan fingerprint density at radius 3 is 2.50 bits per heavy atom. The molecule has 0 aliphatic carbocycles. The zero-order valence-electron chi connectivity index (χ0n) is 13.4. The van der Waals surface area contributed by atoms with Crippen molar-refractivity contribution in [3.05, 3.63) is 78.1 Å². The Kier molecular flexibility index (Phi) is 3.85. The topological polar surface area (TPSA) is 45.7 Å². The Morgan fingerprint density at radius 2 is 1.62 bits per heavy atom. The van der Waals surface area contributed by atoms with Gasteiger partial charge in [-0.3, -0.25) is 0 Å². The van der Waals surface area contributed by atoms with Gasteiger partial charge < -0.3 is 10.7 Å². The van der Waals surface area contributed by atoms with E-state index in [1.54, 1.807) is 0 Å². The van der Waals surface area contributed by atoms with Crippen LogP contribution in [0.15, 0.2) is 67.0 Å². The highest BCUT2D eigenvalue weighted by molar-refractivity contribution is 5.94. The van der Waals surface area contributed by atoms with Crippen LogP contribution >= 0.6 is 0 Å². The average molecular weight is 314 g/mol. The number of para-hydroxylation sites is 2. The van der Waals surface area contributed by atoms with Crippen LogP contribution in [0.25, 0.3) is 34.0 Å². The minimum Gasteiger partial charge on any atom is -0.361 e. The van der Waals surface area contributed by atoms with E-state index in [0.717, 1.165) is 12.1 Å². The van der Waals surface area contributed by atoms with E-state index in [0.29, 0.717) is 6.54 Å². The van der Waals surface area contributed by atoms with E-state index in [2.05, 4.69) is 82.6 Å². The van der Waals surface area contributed by atoms with Gasteiger partial charge in [-0.1, -0.05) is 42.5 Å². The molecular weight excluding hydrogens is 294 g/mol. The molecule has 4 rings (SSSR count). The van der Waals surface area contributed by atoms with Crippen molar-refractivity contribution in [2.75, 3.05) is 6.54 Å². The van der Waals surface area contributed by atoms with Crippen LogP contribution in [-0.2, 0) is 6.54 Å². The molecule has 3 heteroatoms. The monoisotopic (exact) mass is 314 g/mol. The van der Waals surface area contributed by atoms with Crippen molar-refractivity contribution in [1.29, 1.82) is 0 Å². The van der Waals surface area contributed by atoms with Crippen LogP contribution in [0.3, 0.4) is 0 Å². The van der Waals surface area contributed by atoms with Gasteiger partial charge in [0.25, 0.3) is 0 Å². The molecule has 0 saturated heterocycles. The fourth-order valence-corrected chi connectivity index (χ4v) is 3.20. The molecule has 2 aromatic heterocycles. The first-order valence-corrected chi connectivity index (χ1v) is 8.22. The molecule has 24 heavy (non-hydrogen) atoms. The Bertz CT molecular complexity index is 1030. The highest BCUT2D eigenvalue weighted by atomic mass is 15.0. The quantitative estimate of drug-likeness (QED) is 0.554. The van der Waals surface area contributed by atoms with Gasteiger partial charge in [-0.25, -0.2) is 0 Å². The van der Waals surface area contributed by atoms with E-state index in [9.17, 15) is 0 Å². The number of pyridine rings is 1. The molecule has 0 amide bonds. The van der Waals surface area contributed by atoms with Crippen molar-refractivity contribution in [3.63, 3.8) is 0 Å². The van der Waals surface area contributed by atoms with E-state index in [4.69, 9.17) is 5.73 Å². The predicted molar refractivity (Wildman–Crippen MR) is 100 cm³/mol. The van der Waals surface area contributed by atoms with Crippen LogP contribution < -0.4 is 10.3 Å². The Hall–Kier alpha value is -2.91. The lowest BCUT2D eigenvalue weighted by molar-refractivity contribution is -0.668. The maximum Gasteiger partial charge on any atom is 0.213 e. The fourth-order valence-electron chi connectivity index (χ4n) is 3.20. The summed E-state index contributed by atoms with van der Waals surface area (Å²) in [5.74, 6) is 0. The molecule has 0 aliphatic rings. The lowest BCUT2D eigenvalue weighted by Crippen LogP contribution is -2.37. The molecule has 0 aliphatic heterocycles. The SMILES string of the molecule is NCC[n+]1ccc(/C=C/c2c[nH]c3ccccc23)c2ccccc21. The second-order valence-corrected chi connectivity index (χ2v) is 5.89. The summed E-state index contributed by atoms with van der Waals surface area (Å²) in [4.78, 5) is 3.32. The highest BCUT2D eigenvalue weighted by Gasteiger charge is 2.10. The van der Waals surface area contributed by atoms with Crippen LogP contribution in [0.4, 0.5) is 0 Å². The number of nitrogens with two attached hydrogens (primary N) is 1. The number of nitrogens with zero attached hydrogens (tertiary/aromatic N) is 1. The Balaban J connectivity index is 1.78. The molecule has 0 bridgehead atoms. The van der Waals surface area contributed by atoms with Crippen LogP contribution in [0, 0.1) is 0 Å². The molecule has 2 aromatic carbocycles. The van der Waals surface area contributed by atoms with Gasteiger partial charge >= 0.3 is 0 Å². The van der Waals surface area contributed by atoms with Crippen LogP contribution in [0.2, 0.25) is 0 Å². The summed E-state index contributed by atoms with van der Waals surface area (Å²) >= 11 is 0. The molecule has 0 atom stereocenters. The van der Waals surface area contributed by atoms with Crippen molar-refractivity contribution in [1.82, 2.24) is 4.98 Å². The fraction of sp³-hybridized carbons (Fsp3) is 0.0952. The normalized spacial score (nSPS) is 11.7. The maximum absolute atomic E-state index is 5.73. The van der Waals surface area contributed by atoms with Gasteiger partial charge in [0.05, 0.1) is 11.9 Å². The summed E-state index contributed by atoms with van der Waals surface area (Å²) in [6, 6.07) is 19.0. The first-order valence-electron chi connectivity index (χ1n) is 8.22. The van der Waals surface area contributed by atoms with Gasteiger partial charge in [0.1, 0.15) is 0 Å². The van der Waals surface area contributed by atoms with Crippen LogP contribution in [0.5, 0.6) is 0 Å². The largest absolute Gasteiger partial charge is 0.361 e. The number of H-pyrrole nitrogens is 1. The summed E-state index contributed by atoms with van der Waals surface area (Å²) in [5.41, 5.74) is 10.5. The molecule has 4 aromatic rings. The first kappa shape index (κ1) is 14.7. The summed E-state index contributed by atoms with van der Waals surface area (Å²) in [6.45, 7) is 1.46. The van der Waals surface area contributed by atoms with Crippen molar-refractivity contribution in [2.45, 2.75) is 6.54 Å². The van der Waals surface area contributed by atoms with Gasteiger partial charge in [0, 0.05) is 29.2 Å². The number of rotatable bonds is 4. The molecule has 0 fully saturated rings. The van der Waals surface area contributed by atoms with E-state index >= 15 is 0 Å². The highest BCUT2D eigenvalue weighted by Crippen LogP contribution is 2.22. The van der Waals surface area contributed by atoms with Gasteiger partial charge in [0.15, 0.2) is 12.7 Å². The summed E-state index contributed by atoms with van der Waals surface area (Å²) in [7, 11) is 0. The lowest BCUT2D eigenvalue weighted by atomic mass is 10.1. The molecular formula is C21H20N3+. The van der Waals surface area contributed by atoms with Gasteiger partial charge in [-0.15, -0.1) is 0 Å². The van der Waals surface area contributed by atoms with Crippen LogP contribution in [-0.4, -0.2) is 11.5 Å². The van der Waals surface area contributed by atoms with Crippen molar-refractivity contribution >= 4 is 34.0 Å². The number of hydrogen-bond donors (Lipinski definition) is 2. The van der Waals surface area contributed by atoms with E-state index in [1.165, 1.54) is 27.4 Å². The number of hydrogen-bond acceptors (Lipinski definition) is 1. The summed E-state index contributed by atoms with van der Waals surface area (Å²) in [5, 5.41) is 2.48. The van der Waals surface area contributed by atoms with Crippen molar-refractivity contribution in [3.8, 4) is 0 Å². The predicted octanol–water partition coefficient (Wildman–Crippen LogP) is 3.74. The molecule has 0 radical (unpaired) electrons. The number of nitrogens with one attached hydrogen (secondary N) is 1. The minimum atomic E-state index is 0.638. The molecule has 0 saturated carbocycles. The first-order chi connectivity index (χ1) is 11.9. The van der Waals surface area contributed by atoms with Crippen molar-refractivity contribution < 1.29 is 4.57 Å². The standard InChI is InChI=1S/C21H19N3/c22-12-14-24-13-11-16(19-6-2-4-8-21(19)24)9-10-17-15-23-20-7-3-1-5-18(17)20/h1-11,13,15H,12,14,22H2/p+1. The number of benzene rings is 2.